The summed E-state index contributed by atoms with van der Waals surface area (Å²) >= 11 is 0. The Morgan fingerprint density at radius 1 is 0.294 bits per heavy atom. The summed E-state index contributed by atoms with van der Waals surface area (Å²) in [6.07, 6.45) is 5.79. The highest BCUT2D eigenvalue weighted by atomic mass is 16.4. The van der Waals surface area contributed by atoms with Crippen molar-refractivity contribution in [3.05, 3.63) is 265 Å². The third-order valence-corrected chi connectivity index (χ3v) is 13.8. The zero-order chi connectivity index (χ0) is 45.0. The van der Waals surface area contributed by atoms with E-state index in [2.05, 4.69) is 249 Å². The molecule has 0 N–H and O–H groups in total. The van der Waals surface area contributed by atoms with Crippen LogP contribution in [0.1, 0.15) is 29.0 Å². The smallest absolute Gasteiger partial charge is 0.178 e. The third-order valence-electron chi connectivity index (χ3n) is 13.8. The number of benzene rings is 10. The van der Waals surface area contributed by atoms with E-state index in [1.54, 1.807) is 0 Å². The fraction of sp³-hybridized carbons (Fsp3) is 0.0303. The van der Waals surface area contributed by atoms with Gasteiger partial charge in [-0.05, 0) is 144 Å². The molecule has 0 bridgehead atoms. The monoisotopic (exact) mass is 868 g/mol. The number of hydrogen-bond donors (Lipinski definition) is 0. The van der Waals surface area contributed by atoms with Crippen molar-refractivity contribution in [2.75, 3.05) is 0 Å². The highest BCUT2D eigenvalue weighted by Gasteiger charge is 2.21. The molecular weight excluding hydrogens is 825 g/mol. The minimum atomic E-state index is 0.311. The highest BCUT2D eigenvalue weighted by Crippen LogP contribution is 2.43. The number of rotatable bonds is 8. The molecule has 0 saturated carbocycles. The molecule has 1 atom stereocenters. The first-order chi connectivity index (χ1) is 33.6. The molecule has 320 valence electrons. The maximum atomic E-state index is 6.61. The summed E-state index contributed by atoms with van der Waals surface area (Å²) < 4.78 is 13.2. The van der Waals surface area contributed by atoms with Crippen LogP contribution in [0.25, 0.3) is 111 Å². The van der Waals surface area contributed by atoms with Crippen molar-refractivity contribution in [3.63, 3.8) is 0 Å². The molecular formula is C66H44O2. The van der Waals surface area contributed by atoms with Crippen LogP contribution in [-0.4, -0.2) is 0 Å². The van der Waals surface area contributed by atoms with E-state index in [1.165, 1.54) is 61.2 Å². The number of hydrogen-bond acceptors (Lipinski definition) is 2. The molecule has 13 rings (SSSR count). The van der Waals surface area contributed by atoms with Crippen molar-refractivity contribution < 1.29 is 8.83 Å². The molecule has 0 spiro atoms. The molecule has 12 aromatic rings. The molecule has 2 aromatic heterocycles. The second kappa shape index (κ2) is 16.6. The lowest BCUT2D eigenvalue weighted by atomic mass is 9.81. The van der Waals surface area contributed by atoms with Crippen molar-refractivity contribution >= 4 is 55.0 Å². The third kappa shape index (κ3) is 7.24. The van der Waals surface area contributed by atoms with Gasteiger partial charge in [0.1, 0.15) is 11.2 Å². The Bertz CT molecular complexity index is 3820. The maximum absolute atomic E-state index is 6.61. The predicted octanol–water partition coefficient (Wildman–Crippen LogP) is 18.5. The Morgan fingerprint density at radius 3 is 1.15 bits per heavy atom. The lowest BCUT2D eigenvalue weighted by Crippen LogP contribution is -2.03. The van der Waals surface area contributed by atoms with Gasteiger partial charge in [0.2, 0.25) is 0 Å². The van der Waals surface area contributed by atoms with Gasteiger partial charge in [-0.2, -0.15) is 0 Å². The first-order valence-corrected chi connectivity index (χ1v) is 23.5. The first kappa shape index (κ1) is 39.6. The van der Waals surface area contributed by atoms with E-state index >= 15 is 0 Å². The van der Waals surface area contributed by atoms with E-state index in [0.29, 0.717) is 5.92 Å². The standard InChI is InChI=1S/C66H44O2/c1-5-13-43(14-6-1)53-35-54(44-15-7-2-8-16-44)38-57(37-53)49-25-21-47(22-26-49)51-29-33-63-61(41-51)59-31-32-60-62-42-52(30-34-64(62)68-66(60)65(59)67-63)48-23-27-50(28-24-48)58-39-55(45-17-9-3-10-18-45)36-56(40-58)46-19-11-4-12-20-46/h1-35,37-42,55H,36H2. The number of allylic oxidation sites excluding steroid dienone is 4. The Morgan fingerprint density at radius 2 is 0.676 bits per heavy atom. The fourth-order valence-electron chi connectivity index (χ4n) is 10.3. The SMILES string of the molecule is C1=C(c2ccc(-c3ccc4oc5c(ccc6c7cc(-c8ccc(-c9cc(-c%10ccccc%10)cc(-c%10ccccc%10)c9)cc8)ccc7oc65)c4c3)cc2)C=C(c2ccccc2)CC1c1ccccc1. The van der Waals surface area contributed by atoms with Crippen LogP contribution in [0.4, 0.5) is 0 Å². The molecule has 0 saturated heterocycles. The normalized spacial score (nSPS) is 13.9. The van der Waals surface area contributed by atoms with E-state index in [-0.39, 0.29) is 0 Å². The minimum absolute atomic E-state index is 0.311. The second-order valence-corrected chi connectivity index (χ2v) is 18.0. The number of fused-ring (bicyclic) bond motifs is 7. The molecule has 0 amide bonds. The van der Waals surface area contributed by atoms with Gasteiger partial charge in [0.15, 0.2) is 11.2 Å². The quantitative estimate of drug-likeness (QED) is 0.152. The molecule has 2 nitrogen and oxygen atoms in total. The van der Waals surface area contributed by atoms with Gasteiger partial charge in [-0.3, -0.25) is 0 Å². The Hall–Kier alpha value is -8.72. The van der Waals surface area contributed by atoms with Crippen LogP contribution in [0, 0.1) is 0 Å². The molecule has 68 heavy (non-hydrogen) atoms. The summed E-state index contributed by atoms with van der Waals surface area (Å²) in [6.45, 7) is 0. The molecule has 2 heterocycles. The van der Waals surface area contributed by atoms with E-state index in [4.69, 9.17) is 8.83 Å². The van der Waals surface area contributed by atoms with E-state index in [9.17, 15) is 0 Å². The zero-order valence-electron chi connectivity index (χ0n) is 37.3. The average molecular weight is 869 g/mol. The Balaban J connectivity index is 0.802. The number of furan rings is 2. The van der Waals surface area contributed by atoms with Crippen molar-refractivity contribution in [2.45, 2.75) is 12.3 Å². The summed E-state index contributed by atoms with van der Waals surface area (Å²) in [5.41, 5.74) is 21.5. The van der Waals surface area contributed by atoms with Gasteiger partial charge in [-0.1, -0.05) is 194 Å². The predicted molar refractivity (Wildman–Crippen MR) is 284 cm³/mol. The van der Waals surface area contributed by atoms with Crippen LogP contribution in [0.5, 0.6) is 0 Å². The van der Waals surface area contributed by atoms with E-state index in [1.807, 2.05) is 0 Å². The largest absolute Gasteiger partial charge is 0.452 e. The van der Waals surface area contributed by atoms with Crippen LogP contribution in [-0.2, 0) is 0 Å². The van der Waals surface area contributed by atoms with Crippen LogP contribution >= 0.6 is 0 Å². The summed E-state index contributed by atoms with van der Waals surface area (Å²) in [6, 6.07) is 85.1. The summed E-state index contributed by atoms with van der Waals surface area (Å²) in [4.78, 5) is 0. The van der Waals surface area contributed by atoms with Gasteiger partial charge in [0.05, 0.1) is 0 Å². The van der Waals surface area contributed by atoms with E-state index < -0.39 is 0 Å². The summed E-state index contributed by atoms with van der Waals surface area (Å²) in [5, 5.41) is 4.24. The van der Waals surface area contributed by atoms with Gasteiger partial charge < -0.3 is 8.83 Å². The van der Waals surface area contributed by atoms with Crippen molar-refractivity contribution in [1.82, 2.24) is 0 Å². The van der Waals surface area contributed by atoms with Gasteiger partial charge in [-0.25, -0.2) is 0 Å². The van der Waals surface area contributed by atoms with Gasteiger partial charge in [0.25, 0.3) is 0 Å². The minimum Gasteiger partial charge on any atom is -0.452 e. The highest BCUT2D eigenvalue weighted by molar-refractivity contribution is 6.19. The zero-order valence-corrected chi connectivity index (χ0v) is 37.3. The Labute approximate surface area is 395 Å². The maximum Gasteiger partial charge on any atom is 0.178 e. The van der Waals surface area contributed by atoms with Gasteiger partial charge in [0, 0.05) is 27.5 Å². The average Bonchev–Trinajstić information content (AvgIpc) is 4.00. The van der Waals surface area contributed by atoms with Gasteiger partial charge in [-0.15, -0.1) is 0 Å². The fourth-order valence-corrected chi connectivity index (χ4v) is 10.3. The Kier molecular flexibility index (Phi) is 9.68. The van der Waals surface area contributed by atoms with Crippen LogP contribution in [0.15, 0.2) is 258 Å². The second-order valence-electron chi connectivity index (χ2n) is 18.0. The van der Waals surface area contributed by atoms with Crippen LogP contribution in [0.3, 0.4) is 0 Å². The summed E-state index contributed by atoms with van der Waals surface area (Å²) in [5.74, 6) is 0.311. The van der Waals surface area contributed by atoms with Crippen molar-refractivity contribution in [2.24, 2.45) is 0 Å². The molecule has 1 aliphatic rings. The lowest BCUT2D eigenvalue weighted by molar-refractivity contribution is 0.633. The molecule has 1 aliphatic carbocycles. The topological polar surface area (TPSA) is 26.3 Å². The van der Waals surface area contributed by atoms with Crippen LogP contribution in [0.2, 0.25) is 0 Å². The molecule has 1 unspecified atom stereocenters. The summed E-state index contributed by atoms with van der Waals surface area (Å²) in [7, 11) is 0. The molecule has 0 radical (unpaired) electrons. The molecule has 0 aliphatic heterocycles. The molecule has 0 fully saturated rings. The van der Waals surface area contributed by atoms with Crippen molar-refractivity contribution in [3.8, 4) is 55.6 Å². The van der Waals surface area contributed by atoms with E-state index in [0.717, 1.165) is 72.6 Å². The van der Waals surface area contributed by atoms with Gasteiger partial charge >= 0.3 is 0 Å². The lowest BCUT2D eigenvalue weighted by Gasteiger charge is -2.23. The van der Waals surface area contributed by atoms with Crippen LogP contribution < -0.4 is 0 Å². The molecule has 10 aromatic carbocycles. The first-order valence-electron chi connectivity index (χ1n) is 23.5. The molecule has 2 heteroatoms. The van der Waals surface area contributed by atoms with Crippen molar-refractivity contribution in [1.29, 1.82) is 0 Å².